The van der Waals surface area contributed by atoms with Gasteiger partial charge in [-0.15, -0.1) is 0 Å². The maximum atomic E-state index is 10.8. The van der Waals surface area contributed by atoms with Crippen LogP contribution >= 0.6 is 11.6 Å². The molecule has 1 aliphatic rings. The summed E-state index contributed by atoms with van der Waals surface area (Å²) in [5, 5.41) is 11.6. The molecule has 2 nitrogen and oxygen atoms in total. The highest BCUT2D eigenvalue weighted by Crippen LogP contribution is 2.28. The van der Waals surface area contributed by atoms with Gasteiger partial charge in [-0.3, -0.25) is 0 Å². The van der Waals surface area contributed by atoms with Gasteiger partial charge in [0.1, 0.15) is 0 Å². The molecule has 1 unspecified atom stereocenters. The Morgan fingerprint density at radius 1 is 1.32 bits per heavy atom. The Balaban J connectivity index is 2.02. The molecular formula is C16H24ClNO. The van der Waals surface area contributed by atoms with E-state index >= 15 is 0 Å². The Kier molecular flexibility index (Phi) is 4.88. The topological polar surface area (TPSA) is 23.5 Å². The molecule has 1 aromatic rings. The molecule has 1 aliphatic heterocycles. The first-order valence-electron chi connectivity index (χ1n) is 7.19. The first kappa shape index (κ1) is 14.8. The normalized spacial score (nSPS) is 25.5. The van der Waals surface area contributed by atoms with Gasteiger partial charge in [0.25, 0.3) is 0 Å². The van der Waals surface area contributed by atoms with Gasteiger partial charge < -0.3 is 10.0 Å². The summed E-state index contributed by atoms with van der Waals surface area (Å²) in [4.78, 5) is 2.45. The second-order valence-electron chi connectivity index (χ2n) is 6.01. The molecule has 0 bridgehead atoms. The number of nitrogens with zero attached hydrogens (tertiary/aromatic N) is 1. The SMILES string of the molecule is CC(C)N1CCCC(O)(Cc2cccc(Cl)c2)CC1. The molecule has 1 heterocycles. The fraction of sp³-hybridized carbons (Fsp3) is 0.625. The van der Waals surface area contributed by atoms with Crippen molar-refractivity contribution in [2.75, 3.05) is 13.1 Å². The van der Waals surface area contributed by atoms with Crippen molar-refractivity contribution in [3.63, 3.8) is 0 Å². The smallest absolute Gasteiger partial charge is 0.0700 e. The van der Waals surface area contributed by atoms with E-state index in [1.54, 1.807) is 0 Å². The standard InChI is InChI=1S/C16H24ClNO/c1-13(2)18-9-4-7-16(19,8-10-18)12-14-5-3-6-15(17)11-14/h3,5-6,11,13,19H,4,7-10,12H2,1-2H3. The fourth-order valence-electron chi connectivity index (χ4n) is 2.92. The molecule has 0 saturated carbocycles. The monoisotopic (exact) mass is 281 g/mol. The molecule has 106 valence electrons. The van der Waals surface area contributed by atoms with E-state index < -0.39 is 5.60 Å². The first-order valence-corrected chi connectivity index (χ1v) is 7.57. The van der Waals surface area contributed by atoms with Crippen LogP contribution in [0.4, 0.5) is 0 Å². The lowest BCUT2D eigenvalue weighted by Gasteiger charge is -2.28. The molecule has 0 aromatic heterocycles. The van der Waals surface area contributed by atoms with Crippen LogP contribution in [0, 0.1) is 0 Å². The van der Waals surface area contributed by atoms with Gasteiger partial charge in [-0.25, -0.2) is 0 Å². The summed E-state index contributed by atoms with van der Waals surface area (Å²) in [6.45, 7) is 6.52. The van der Waals surface area contributed by atoms with Crippen LogP contribution in [0.2, 0.25) is 5.02 Å². The number of hydrogen-bond donors (Lipinski definition) is 1. The molecule has 1 N–H and O–H groups in total. The highest BCUT2D eigenvalue weighted by Gasteiger charge is 2.30. The van der Waals surface area contributed by atoms with Crippen LogP contribution in [0.1, 0.15) is 38.7 Å². The van der Waals surface area contributed by atoms with E-state index in [0.29, 0.717) is 12.5 Å². The Labute approximate surface area is 121 Å². The summed E-state index contributed by atoms with van der Waals surface area (Å²) < 4.78 is 0. The molecule has 19 heavy (non-hydrogen) atoms. The summed E-state index contributed by atoms with van der Waals surface area (Å²) in [5.74, 6) is 0. The minimum atomic E-state index is -0.575. The largest absolute Gasteiger partial charge is 0.389 e. The number of hydrogen-bond acceptors (Lipinski definition) is 2. The predicted molar refractivity (Wildman–Crippen MR) is 80.7 cm³/mol. The van der Waals surface area contributed by atoms with E-state index in [9.17, 15) is 5.11 Å². The molecular weight excluding hydrogens is 258 g/mol. The highest BCUT2D eigenvalue weighted by molar-refractivity contribution is 6.30. The van der Waals surface area contributed by atoms with Crippen LogP contribution in [-0.2, 0) is 6.42 Å². The fourth-order valence-corrected chi connectivity index (χ4v) is 3.13. The predicted octanol–water partition coefficient (Wildman–Crippen LogP) is 3.51. The van der Waals surface area contributed by atoms with Crippen molar-refractivity contribution in [3.05, 3.63) is 34.9 Å². The Morgan fingerprint density at radius 3 is 2.79 bits per heavy atom. The maximum Gasteiger partial charge on any atom is 0.0700 e. The molecule has 0 radical (unpaired) electrons. The summed E-state index contributed by atoms with van der Waals surface area (Å²) in [6, 6.07) is 8.41. The van der Waals surface area contributed by atoms with Crippen molar-refractivity contribution in [2.45, 2.75) is 51.2 Å². The average Bonchev–Trinajstić information content (AvgIpc) is 2.51. The van der Waals surface area contributed by atoms with E-state index in [-0.39, 0.29) is 0 Å². The number of halogens is 1. The molecule has 2 rings (SSSR count). The minimum Gasteiger partial charge on any atom is -0.389 e. The van der Waals surface area contributed by atoms with Gasteiger partial charge in [-0.05, 0) is 57.4 Å². The zero-order valence-electron chi connectivity index (χ0n) is 11.9. The molecule has 1 aromatic carbocycles. The molecule has 0 aliphatic carbocycles. The Morgan fingerprint density at radius 2 is 2.11 bits per heavy atom. The quantitative estimate of drug-likeness (QED) is 0.916. The van der Waals surface area contributed by atoms with Gasteiger partial charge >= 0.3 is 0 Å². The molecule has 1 saturated heterocycles. The summed E-state index contributed by atoms with van der Waals surface area (Å²) in [7, 11) is 0. The lowest BCUT2D eigenvalue weighted by atomic mass is 9.88. The van der Waals surface area contributed by atoms with Gasteiger partial charge in [0.2, 0.25) is 0 Å². The first-order chi connectivity index (χ1) is 8.98. The average molecular weight is 282 g/mol. The van der Waals surface area contributed by atoms with Crippen molar-refractivity contribution in [3.8, 4) is 0 Å². The molecule has 3 heteroatoms. The van der Waals surface area contributed by atoms with Crippen molar-refractivity contribution in [2.24, 2.45) is 0 Å². The Hall–Kier alpha value is -0.570. The van der Waals surface area contributed by atoms with Gasteiger partial charge in [-0.2, -0.15) is 0 Å². The summed E-state index contributed by atoms with van der Waals surface area (Å²) >= 11 is 6.02. The van der Waals surface area contributed by atoms with Gasteiger partial charge in [0.05, 0.1) is 5.60 Å². The van der Waals surface area contributed by atoms with E-state index in [4.69, 9.17) is 11.6 Å². The number of likely N-dealkylation sites (tertiary alicyclic amines) is 1. The van der Waals surface area contributed by atoms with Crippen LogP contribution in [-0.4, -0.2) is 34.7 Å². The van der Waals surface area contributed by atoms with Crippen molar-refractivity contribution >= 4 is 11.6 Å². The number of rotatable bonds is 3. The zero-order chi connectivity index (χ0) is 13.9. The summed E-state index contributed by atoms with van der Waals surface area (Å²) in [5.41, 5.74) is 0.557. The van der Waals surface area contributed by atoms with Crippen molar-refractivity contribution in [1.82, 2.24) is 4.90 Å². The van der Waals surface area contributed by atoms with Gasteiger partial charge in [0.15, 0.2) is 0 Å². The van der Waals surface area contributed by atoms with Crippen LogP contribution in [0.15, 0.2) is 24.3 Å². The molecule has 0 amide bonds. The zero-order valence-corrected chi connectivity index (χ0v) is 12.7. The number of benzene rings is 1. The lowest BCUT2D eigenvalue weighted by Crippen LogP contribution is -2.35. The molecule has 1 atom stereocenters. The van der Waals surface area contributed by atoms with E-state index in [1.165, 1.54) is 0 Å². The van der Waals surface area contributed by atoms with Gasteiger partial charge in [0, 0.05) is 24.0 Å². The Bertz CT molecular complexity index is 421. The summed E-state index contributed by atoms with van der Waals surface area (Å²) in [6.07, 6.45) is 3.50. The number of aliphatic hydroxyl groups is 1. The second kappa shape index (κ2) is 6.25. The minimum absolute atomic E-state index is 0.563. The maximum absolute atomic E-state index is 10.8. The van der Waals surface area contributed by atoms with Crippen LogP contribution in [0.5, 0.6) is 0 Å². The lowest BCUT2D eigenvalue weighted by molar-refractivity contribution is 0.0249. The van der Waals surface area contributed by atoms with E-state index in [0.717, 1.165) is 42.9 Å². The van der Waals surface area contributed by atoms with E-state index in [1.807, 2.05) is 18.2 Å². The van der Waals surface area contributed by atoms with Crippen molar-refractivity contribution in [1.29, 1.82) is 0 Å². The highest BCUT2D eigenvalue weighted by atomic mass is 35.5. The van der Waals surface area contributed by atoms with Crippen molar-refractivity contribution < 1.29 is 5.11 Å². The van der Waals surface area contributed by atoms with Gasteiger partial charge in [-0.1, -0.05) is 23.7 Å². The van der Waals surface area contributed by atoms with Crippen LogP contribution < -0.4 is 0 Å². The van der Waals surface area contributed by atoms with E-state index in [2.05, 4.69) is 24.8 Å². The third kappa shape index (κ3) is 4.20. The molecule has 1 fully saturated rings. The third-order valence-corrected chi connectivity index (χ3v) is 4.34. The van der Waals surface area contributed by atoms with Crippen LogP contribution in [0.3, 0.4) is 0 Å². The second-order valence-corrected chi connectivity index (χ2v) is 6.45. The third-order valence-electron chi connectivity index (χ3n) is 4.10. The molecule has 0 spiro atoms. The van der Waals surface area contributed by atoms with Crippen LogP contribution in [0.25, 0.3) is 0 Å².